The van der Waals surface area contributed by atoms with E-state index in [-0.39, 0.29) is 0 Å². The Morgan fingerprint density at radius 2 is 1.72 bits per heavy atom. The van der Waals surface area contributed by atoms with Crippen LogP contribution >= 0.6 is 23.2 Å². The van der Waals surface area contributed by atoms with Gasteiger partial charge in [-0.1, -0.05) is 41.4 Å². The summed E-state index contributed by atoms with van der Waals surface area (Å²) in [6.45, 7) is 5.78. The molecule has 0 aromatic heterocycles. The molecule has 0 N–H and O–H groups in total. The van der Waals surface area contributed by atoms with Crippen molar-refractivity contribution in [1.29, 1.82) is 0 Å². The van der Waals surface area contributed by atoms with Gasteiger partial charge < -0.3 is 14.5 Å². The predicted octanol–water partition coefficient (Wildman–Crippen LogP) is 4.97. The van der Waals surface area contributed by atoms with Crippen molar-refractivity contribution >= 4 is 23.2 Å². The quantitative estimate of drug-likeness (QED) is 0.705. The zero-order valence-corrected chi connectivity index (χ0v) is 16.1. The molecule has 1 heterocycles. The van der Waals surface area contributed by atoms with Gasteiger partial charge in [0.25, 0.3) is 0 Å². The summed E-state index contributed by atoms with van der Waals surface area (Å²) in [4.78, 5) is 4.93. The lowest BCUT2D eigenvalue weighted by atomic mass is 10.1. The summed E-state index contributed by atoms with van der Waals surface area (Å²) in [6.07, 6.45) is 2.12. The minimum Gasteiger partial charge on any atom is -0.456 e. The molecule has 134 valence electrons. The summed E-state index contributed by atoms with van der Waals surface area (Å²) in [7, 11) is 2.19. The van der Waals surface area contributed by atoms with Gasteiger partial charge in [0.15, 0.2) is 0 Å². The summed E-state index contributed by atoms with van der Waals surface area (Å²) in [5.41, 5.74) is 1.21. The molecule has 5 heteroatoms. The molecular formula is C20H24Cl2N2O. The molecule has 0 atom stereocenters. The molecule has 0 saturated carbocycles. The Bertz CT molecular complexity index is 700. The van der Waals surface area contributed by atoms with Crippen molar-refractivity contribution in [3.8, 4) is 11.5 Å². The molecule has 25 heavy (non-hydrogen) atoms. The molecule has 1 saturated heterocycles. The van der Waals surface area contributed by atoms with Crippen molar-refractivity contribution in [2.24, 2.45) is 0 Å². The molecule has 0 unspecified atom stereocenters. The molecule has 0 amide bonds. The van der Waals surface area contributed by atoms with Gasteiger partial charge in [-0.05, 0) is 56.3 Å². The summed E-state index contributed by atoms with van der Waals surface area (Å²) in [5, 5.41) is 1.14. The van der Waals surface area contributed by atoms with E-state index < -0.39 is 0 Å². The monoisotopic (exact) mass is 378 g/mol. The molecule has 0 radical (unpaired) electrons. The fraction of sp³-hybridized carbons (Fsp3) is 0.400. The standard InChI is InChI=1S/C20H24Cl2N2O/c1-23-11-13-24(14-12-23)10-4-6-16-5-2-3-7-19(16)25-20-9-8-17(21)15-18(20)22/h2-3,5,7-9,15H,4,6,10-14H2,1H3. The minimum absolute atomic E-state index is 0.528. The van der Waals surface area contributed by atoms with E-state index in [1.54, 1.807) is 12.1 Å². The van der Waals surface area contributed by atoms with Crippen LogP contribution in [0.5, 0.6) is 11.5 Å². The number of piperazine rings is 1. The van der Waals surface area contributed by atoms with Gasteiger partial charge in [0.05, 0.1) is 5.02 Å². The van der Waals surface area contributed by atoms with E-state index in [1.807, 2.05) is 18.2 Å². The second kappa shape index (κ2) is 8.91. The fourth-order valence-electron chi connectivity index (χ4n) is 3.05. The molecule has 3 nitrogen and oxygen atoms in total. The highest BCUT2D eigenvalue weighted by atomic mass is 35.5. The Morgan fingerprint density at radius 1 is 0.960 bits per heavy atom. The van der Waals surface area contributed by atoms with Crippen LogP contribution in [0.2, 0.25) is 10.0 Å². The first-order valence-corrected chi connectivity index (χ1v) is 9.49. The number of hydrogen-bond acceptors (Lipinski definition) is 3. The fourth-order valence-corrected chi connectivity index (χ4v) is 3.50. The van der Waals surface area contributed by atoms with Gasteiger partial charge in [-0.3, -0.25) is 0 Å². The zero-order valence-electron chi connectivity index (χ0n) is 14.5. The van der Waals surface area contributed by atoms with E-state index in [0.717, 1.165) is 51.3 Å². The van der Waals surface area contributed by atoms with E-state index in [2.05, 4.69) is 29.0 Å². The Balaban J connectivity index is 1.59. The lowest BCUT2D eigenvalue weighted by molar-refractivity contribution is 0.153. The highest BCUT2D eigenvalue weighted by molar-refractivity contribution is 6.35. The number of rotatable bonds is 6. The number of aryl methyl sites for hydroxylation is 1. The zero-order chi connectivity index (χ0) is 17.6. The molecule has 0 spiro atoms. The number of likely N-dealkylation sites (N-methyl/N-ethyl adjacent to an activating group) is 1. The van der Waals surface area contributed by atoms with Crippen LogP contribution in [-0.4, -0.2) is 49.6 Å². The number of benzene rings is 2. The van der Waals surface area contributed by atoms with Crippen LogP contribution in [0.1, 0.15) is 12.0 Å². The number of ether oxygens (including phenoxy) is 1. The second-order valence-electron chi connectivity index (χ2n) is 6.53. The van der Waals surface area contributed by atoms with Gasteiger partial charge in [-0.25, -0.2) is 0 Å². The van der Waals surface area contributed by atoms with Gasteiger partial charge >= 0.3 is 0 Å². The number of halogens is 2. The van der Waals surface area contributed by atoms with Crippen LogP contribution in [0.3, 0.4) is 0 Å². The first kappa shape index (κ1) is 18.5. The Labute approximate surface area is 160 Å². The SMILES string of the molecule is CN1CCN(CCCc2ccccc2Oc2ccc(Cl)cc2Cl)CC1. The van der Waals surface area contributed by atoms with E-state index in [1.165, 1.54) is 5.56 Å². The van der Waals surface area contributed by atoms with Crippen molar-refractivity contribution in [2.45, 2.75) is 12.8 Å². The average molecular weight is 379 g/mol. The molecule has 2 aromatic carbocycles. The molecule has 2 aromatic rings. The number of nitrogens with zero attached hydrogens (tertiary/aromatic N) is 2. The molecule has 1 fully saturated rings. The lowest BCUT2D eigenvalue weighted by Gasteiger charge is -2.32. The topological polar surface area (TPSA) is 15.7 Å². The second-order valence-corrected chi connectivity index (χ2v) is 7.38. The lowest BCUT2D eigenvalue weighted by Crippen LogP contribution is -2.44. The Hall–Kier alpha value is -1.26. The smallest absolute Gasteiger partial charge is 0.146 e. The average Bonchev–Trinajstić information content (AvgIpc) is 2.60. The Morgan fingerprint density at radius 3 is 2.48 bits per heavy atom. The molecule has 0 bridgehead atoms. The molecule has 3 rings (SSSR count). The summed E-state index contributed by atoms with van der Waals surface area (Å²) >= 11 is 12.2. The van der Waals surface area contributed by atoms with Crippen molar-refractivity contribution in [1.82, 2.24) is 9.80 Å². The molecule has 0 aliphatic carbocycles. The highest BCUT2D eigenvalue weighted by Crippen LogP contribution is 2.33. The van der Waals surface area contributed by atoms with Crippen molar-refractivity contribution in [2.75, 3.05) is 39.8 Å². The molecule has 1 aliphatic heterocycles. The normalized spacial score (nSPS) is 16.1. The van der Waals surface area contributed by atoms with E-state index in [4.69, 9.17) is 27.9 Å². The van der Waals surface area contributed by atoms with Crippen molar-refractivity contribution in [3.63, 3.8) is 0 Å². The first-order chi connectivity index (χ1) is 12.1. The molecular weight excluding hydrogens is 355 g/mol. The van der Waals surface area contributed by atoms with E-state index in [0.29, 0.717) is 15.8 Å². The molecule has 1 aliphatic rings. The van der Waals surface area contributed by atoms with Crippen LogP contribution in [0.4, 0.5) is 0 Å². The minimum atomic E-state index is 0.528. The summed E-state index contributed by atoms with van der Waals surface area (Å²) in [6, 6.07) is 13.5. The van der Waals surface area contributed by atoms with Gasteiger partial charge in [0.2, 0.25) is 0 Å². The maximum absolute atomic E-state index is 6.23. The van der Waals surface area contributed by atoms with E-state index >= 15 is 0 Å². The summed E-state index contributed by atoms with van der Waals surface area (Å²) < 4.78 is 6.04. The highest BCUT2D eigenvalue weighted by Gasteiger charge is 2.14. The third-order valence-electron chi connectivity index (χ3n) is 4.60. The number of hydrogen-bond donors (Lipinski definition) is 0. The van der Waals surface area contributed by atoms with Gasteiger partial charge in [0.1, 0.15) is 11.5 Å². The van der Waals surface area contributed by atoms with Gasteiger partial charge in [-0.2, -0.15) is 0 Å². The van der Waals surface area contributed by atoms with E-state index in [9.17, 15) is 0 Å². The number of para-hydroxylation sites is 1. The third kappa shape index (κ3) is 5.35. The first-order valence-electron chi connectivity index (χ1n) is 8.73. The summed E-state index contributed by atoms with van der Waals surface area (Å²) in [5.74, 6) is 1.50. The van der Waals surface area contributed by atoms with Gasteiger partial charge in [-0.15, -0.1) is 0 Å². The van der Waals surface area contributed by atoms with Crippen molar-refractivity contribution < 1.29 is 4.74 Å². The van der Waals surface area contributed by atoms with Crippen LogP contribution in [0, 0.1) is 0 Å². The largest absolute Gasteiger partial charge is 0.456 e. The van der Waals surface area contributed by atoms with Crippen molar-refractivity contribution in [3.05, 3.63) is 58.1 Å². The van der Waals surface area contributed by atoms with Crippen LogP contribution in [0.15, 0.2) is 42.5 Å². The maximum atomic E-state index is 6.23. The van der Waals surface area contributed by atoms with Crippen LogP contribution in [-0.2, 0) is 6.42 Å². The Kier molecular flexibility index (Phi) is 6.60. The predicted molar refractivity (Wildman–Crippen MR) is 105 cm³/mol. The third-order valence-corrected chi connectivity index (χ3v) is 5.13. The van der Waals surface area contributed by atoms with Gasteiger partial charge in [0, 0.05) is 31.2 Å². The maximum Gasteiger partial charge on any atom is 0.146 e. The van der Waals surface area contributed by atoms with Crippen LogP contribution in [0.25, 0.3) is 0 Å². The van der Waals surface area contributed by atoms with Crippen LogP contribution < -0.4 is 4.74 Å².